The first kappa shape index (κ1) is 12.8. The predicted molar refractivity (Wildman–Crippen MR) is 77.6 cm³/mol. The van der Waals surface area contributed by atoms with Crippen LogP contribution in [0, 0.1) is 13.8 Å². The molecule has 2 aromatic carbocycles. The standard InChI is InChI=1S/C17H21N/c1-13-9-14(2)11-15(10-13)12-17(3,18)16-7-5-4-6-8-16/h4-11H,12,18H2,1-3H3. The van der Waals surface area contributed by atoms with Gasteiger partial charge in [0.15, 0.2) is 0 Å². The number of nitrogens with two attached hydrogens (primary N) is 1. The average Bonchev–Trinajstić information content (AvgIpc) is 2.28. The Morgan fingerprint density at radius 1 is 0.944 bits per heavy atom. The molecule has 1 nitrogen and oxygen atoms in total. The second kappa shape index (κ2) is 4.95. The van der Waals surface area contributed by atoms with Crippen molar-refractivity contribution < 1.29 is 0 Å². The largest absolute Gasteiger partial charge is 0.321 e. The van der Waals surface area contributed by atoms with E-state index in [1.54, 1.807) is 0 Å². The van der Waals surface area contributed by atoms with Crippen LogP contribution in [-0.2, 0) is 12.0 Å². The van der Waals surface area contributed by atoms with E-state index in [0.29, 0.717) is 0 Å². The third-order valence-corrected chi connectivity index (χ3v) is 3.29. The lowest BCUT2D eigenvalue weighted by atomic mass is 9.86. The lowest BCUT2D eigenvalue weighted by molar-refractivity contribution is 0.491. The van der Waals surface area contributed by atoms with Gasteiger partial charge in [-0.1, -0.05) is 59.7 Å². The number of hydrogen-bond donors (Lipinski definition) is 1. The Kier molecular flexibility index (Phi) is 3.53. The zero-order chi connectivity index (χ0) is 13.2. The van der Waals surface area contributed by atoms with Gasteiger partial charge in [-0.2, -0.15) is 0 Å². The fourth-order valence-corrected chi connectivity index (χ4v) is 2.52. The summed E-state index contributed by atoms with van der Waals surface area (Å²) in [6.45, 7) is 6.36. The summed E-state index contributed by atoms with van der Waals surface area (Å²) in [6.07, 6.45) is 0.861. The van der Waals surface area contributed by atoms with Crippen LogP contribution in [0.3, 0.4) is 0 Å². The molecule has 0 saturated carbocycles. The molecule has 0 amide bonds. The minimum atomic E-state index is -0.318. The maximum atomic E-state index is 6.47. The molecule has 0 spiro atoms. The van der Waals surface area contributed by atoms with Gasteiger partial charge in [0.25, 0.3) is 0 Å². The highest BCUT2D eigenvalue weighted by Crippen LogP contribution is 2.23. The van der Waals surface area contributed by atoms with Gasteiger partial charge >= 0.3 is 0 Å². The van der Waals surface area contributed by atoms with Crippen LogP contribution in [-0.4, -0.2) is 0 Å². The minimum absolute atomic E-state index is 0.318. The quantitative estimate of drug-likeness (QED) is 0.868. The van der Waals surface area contributed by atoms with Crippen LogP contribution in [0.5, 0.6) is 0 Å². The molecule has 1 unspecified atom stereocenters. The zero-order valence-electron chi connectivity index (χ0n) is 11.4. The molecule has 0 bridgehead atoms. The van der Waals surface area contributed by atoms with E-state index < -0.39 is 0 Å². The van der Waals surface area contributed by atoms with E-state index in [-0.39, 0.29) is 5.54 Å². The van der Waals surface area contributed by atoms with Crippen molar-refractivity contribution in [2.24, 2.45) is 5.73 Å². The van der Waals surface area contributed by atoms with Crippen LogP contribution in [0.4, 0.5) is 0 Å². The molecule has 0 aliphatic heterocycles. The normalized spacial score (nSPS) is 14.2. The van der Waals surface area contributed by atoms with Gasteiger partial charge in [0.1, 0.15) is 0 Å². The number of rotatable bonds is 3. The van der Waals surface area contributed by atoms with Crippen molar-refractivity contribution in [1.82, 2.24) is 0 Å². The second-order valence-corrected chi connectivity index (χ2v) is 5.46. The Balaban J connectivity index is 2.27. The zero-order valence-corrected chi connectivity index (χ0v) is 11.4. The minimum Gasteiger partial charge on any atom is -0.321 e. The molecule has 94 valence electrons. The van der Waals surface area contributed by atoms with Crippen LogP contribution >= 0.6 is 0 Å². The fourth-order valence-electron chi connectivity index (χ4n) is 2.52. The number of hydrogen-bond acceptors (Lipinski definition) is 1. The van der Waals surface area contributed by atoms with Crippen LogP contribution in [0.15, 0.2) is 48.5 Å². The van der Waals surface area contributed by atoms with Crippen LogP contribution in [0.1, 0.15) is 29.2 Å². The highest BCUT2D eigenvalue weighted by molar-refractivity contribution is 5.32. The molecule has 0 heterocycles. The van der Waals surface area contributed by atoms with E-state index in [0.717, 1.165) is 6.42 Å². The van der Waals surface area contributed by atoms with Gasteiger partial charge in [-0.05, 0) is 38.3 Å². The second-order valence-electron chi connectivity index (χ2n) is 5.46. The molecule has 2 N–H and O–H groups in total. The number of aryl methyl sites for hydroxylation is 2. The molecule has 0 radical (unpaired) electrons. The van der Waals surface area contributed by atoms with Crippen molar-refractivity contribution in [3.05, 3.63) is 70.8 Å². The summed E-state index contributed by atoms with van der Waals surface area (Å²) < 4.78 is 0. The molecule has 0 fully saturated rings. The van der Waals surface area contributed by atoms with Gasteiger partial charge in [0, 0.05) is 5.54 Å². The summed E-state index contributed by atoms with van der Waals surface area (Å²) in [7, 11) is 0. The summed E-state index contributed by atoms with van der Waals surface area (Å²) in [6, 6.07) is 17.0. The Labute approximate surface area is 110 Å². The van der Waals surface area contributed by atoms with E-state index in [2.05, 4.69) is 51.1 Å². The monoisotopic (exact) mass is 239 g/mol. The maximum Gasteiger partial charge on any atom is 0.0421 e. The molecule has 0 saturated heterocycles. The first-order valence-electron chi connectivity index (χ1n) is 6.39. The third kappa shape index (κ3) is 2.99. The van der Waals surface area contributed by atoms with Crippen molar-refractivity contribution in [1.29, 1.82) is 0 Å². The van der Waals surface area contributed by atoms with Gasteiger partial charge in [-0.3, -0.25) is 0 Å². The SMILES string of the molecule is Cc1cc(C)cc(CC(C)(N)c2ccccc2)c1. The molecule has 1 atom stereocenters. The van der Waals surface area contributed by atoms with E-state index in [1.807, 2.05) is 18.2 Å². The average molecular weight is 239 g/mol. The van der Waals surface area contributed by atoms with Gasteiger partial charge in [-0.15, -0.1) is 0 Å². The van der Waals surface area contributed by atoms with Crippen molar-refractivity contribution >= 4 is 0 Å². The van der Waals surface area contributed by atoms with Crippen molar-refractivity contribution in [2.75, 3.05) is 0 Å². The fraction of sp³-hybridized carbons (Fsp3) is 0.294. The summed E-state index contributed by atoms with van der Waals surface area (Å²) in [4.78, 5) is 0. The Bertz CT molecular complexity index is 506. The summed E-state index contributed by atoms with van der Waals surface area (Å²) in [5.41, 5.74) is 11.2. The first-order chi connectivity index (χ1) is 8.47. The van der Waals surface area contributed by atoms with Gasteiger partial charge in [0.2, 0.25) is 0 Å². The van der Waals surface area contributed by atoms with Crippen molar-refractivity contribution in [2.45, 2.75) is 32.7 Å². The topological polar surface area (TPSA) is 26.0 Å². The Hall–Kier alpha value is -1.60. The number of benzene rings is 2. The van der Waals surface area contributed by atoms with Crippen molar-refractivity contribution in [3.8, 4) is 0 Å². The molecule has 2 rings (SSSR count). The maximum absolute atomic E-state index is 6.47. The first-order valence-corrected chi connectivity index (χ1v) is 6.39. The molecular formula is C17H21N. The van der Waals surface area contributed by atoms with Crippen LogP contribution < -0.4 is 5.73 Å². The lowest BCUT2D eigenvalue weighted by Gasteiger charge is -2.25. The van der Waals surface area contributed by atoms with E-state index in [1.165, 1.54) is 22.3 Å². The van der Waals surface area contributed by atoms with Gasteiger partial charge in [0.05, 0.1) is 0 Å². The molecule has 2 aromatic rings. The van der Waals surface area contributed by atoms with E-state index in [9.17, 15) is 0 Å². The molecule has 0 aliphatic rings. The third-order valence-electron chi connectivity index (χ3n) is 3.29. The van der Waals surface area contributed by atoms with Crippen LogP contribution in [0.25, 0.3) is 0 Å². The smallest absolute Gasteiger partial charge is 0.0421 e. The Morgan fingerprint density at radius 2 is 1.50 bits per heavy atom. The van der Waals surface area contributed by atoms with E-state index in [4.69, 9.17) is 5.73 Å². The highest BCUT2D eigenvalue weighted by Gasteiger charge is 2.21. The van der Waals surface area contributed by atoms with Crippen LogP contribution in [0.2, 0.25) is 0 Å². The van der Waals surface area contributed by atoms with Gasteiger partial charge < -0.3 is 5.73 Å². The molecule has 1 heteroatoms. The molecule has 0 aliphatic carbocycles. The highest BCUT2D eigenvalue weighted by atomic mass is 14.7. The molecule has 18 heavy (non-hydrogen) atoms. The molecule has 0 aromatic heterocycles. The van der Waals surface area contributed by atoms with Gasteiger partial charge in [-0.25, -0.2) is 0 Å². The van der Waals surface area contributed by atoms with Crippen molar-refractivity contribution in [3.63, 3.8) is 0 Å². The Morgan fingerprint density at radius 3 is 2.06 bits per heavy atom. The predicted octanol–water partition coefficient (Wildman–Crippen LogP) is 3.72. The summed E-state index contributed by atoms with van der Waals surface area (Å²) >= 11 is 0. The molecular weight excluding hydrogens is 218 g/mol. The lowest BCUT2D eigenvalue weighted by Crippen LogP contribution is -2.35. The summed E-state index contributed by atoms with van der Waals surface area (Å²) in [5.74, 6) is 0. The van der Waals surface area contributed by atoms with E-state index >= 15 is 0 Å². The summed E-state index contributed by atoms with van der Waals surface area (Å²) in [5, 5.41) is 0.